The summed E-state index contributed by atoms with van der Waals surface area (Å²) in [7, 11) is 0. The third kappa shape index (κ3) is 3.15. The molecule has 6 heteroatoms. The maximum Gasteiger partial charge on any atom is 0.253 e. The molecule has 2 aliphatic rings. The van der Waals surface area contributed by atoms with Crippen LogP contribution < -0.4 is 10.2 Å². The van der Waals surface area contributed by atoms with Crippen molar-refractivity contribution in [2.45, 2.75) is 45.6 Å². The molecule has 0 spiro atoms. The maximum absolute atomic E-state index is 14.5. The number of pyridine rings is 1. The first-order valence-corrected chi connectivity index (χ1v) is 9.91. The molecule has 1 aromatic carbocycles. The molecule has 1 aliphatic carbocycles. The molecule has 28 heavy (non-hydrogen) atoms. The van der Waals surface area contributed by atoms with Crippen molar-refractivity contribution in [3.63, 3.8) is 0 Å². The van der Waals surface area contributed by atoms with E-state index in [9.17, 15) is 13.6 Å². The molecule has 1 aromatic heterocycles. The topological polar surface area (TPSA) is 45.2 Å². The van der Waals surface area contributed by atoms with Crippen LogP contribution in [0.2, 0.25) is 0 Å². The predicted octanol–water partition coefficient (Wildman–Crippen LogP) is 5.38. The molecule has 1 saturated carbocycles. The van der Waals surface area contributed by atoms with Gasteiger partial charge in [-0.3, -0.25) is 4.79 Å². The van der Waals surface area contributed by atoms with E-state index in [2.05, 4.69) is 10.3 Å². The van der Waals surface area contributed by atoms with Crippen LogP contribution in [0.4, 0.5) is 26.0 Å². The molecule has 0 radical (unpaired) electrons. The number of amides is 1. The number of alkyl halides is 2. The normalized spacial score (nSPS) is 25.9. The minimum atomic E-state index is -2.71. The van der Waals surface area contributed by atoms with Crippen LogP contribution in [0.25, 0.3) is 0 Å². The van der Waals surface area contributed by atoms with Crippen LogP contribution in [0.5, 0.6) is 0 Å². The van der Waals surface area contributed by atoms with Crippen molar-refractivity contribution < 1.29 is 13.6 Å². The smallest absolute Gasteiger partial charge is 0.253 e. The zero-order valence-corrected chi connectivity index (χ0v) is 16.2. The first-order chi connectivity index (χ1) is 13.4. The number of carbonyl (C=O) groups is 1. The van der Waals surface area contributed by atoms with Crippen molar-refractivity contribution in [3.05, 3.63) is 48.2 Å². The molecule has 1 fully saturated rings. The molecular weight excluding hydrogens is 360 g/mol. The van der Waals surface area contributed by atoms with E-state index in [0.717, 1.165) is 22.8 Å². The summed E-state index contributed by atoms with van der Waals surface area (Å²) in [6.45, 7) is 3.73. The molecule has 0 saturated heterocycles. The highest BCUT2D eigenvalue weighted by Gasteiger charge is 2.51. The van der Waals surface area contributed by atoms with Gasteiger partial charge in [0.25, 0.3) is 5.92 Å². The quantitative estimate of drug-likeness (QED) is 0.755. The molecule has 148 valence electrons. The molecular formula is C22H25F2N3O. The Morgan fingerprint density at radius 1 is 1.25 bits per heavy atom. The van der Waals surface area contributed by atoms with Gasteiger partial charge in [0.15, 0.2) is 0 Å². The number of benzene rings is 1. The first-order valence-electron chi connectivity index (χ1n) is 9.91. The summed E-state index contributed by atoms with van der Waals surface area (Å²) in [6.07, 6.45) is 2.54. The minimum absolute atomic E-state index is 0.0771. The molecule has 3 unspecified atom stereocenters. The van der Waals surface area contributed by atoms with Crippen LogP contribution in [0.3, 0.4) is 0 Å². The summed E-state index contributed by atoms with van der Waals surface area (Å²) in [5.74, 6) is -4.01. The molecule has 0 bridgehead atoms. The summed E-state index contributed by atoms with van der Waals surface area (Å²) in [5, 5.41) is 3.31. The molecule has 4 nitrogen and oxygen atoms in total. The molecule has 1 N–H and O–H groups in total. The van der Waals surface area contributed by atoms with Crippen molar-refractivity contribution in [1.82, 2.24) is 4.98 Å². The monoisotopic (exact) mass is 385 g/mol. The Hall–Kier alpha value is -2.50. The fourth-order valence-corrected chi connectivity index (χ4v) is 4.52. The van der Waals surface area contributed by atoms with Crippen LogP contribution in [0.1, 0.15) is 38.7 Å². The van der Waals surface area contributed by atoms with Crippen LogP contribution in [0.15, 0.2) is 42.6 Å². The van der Waals surface area contributed by atoms with E-state index in [1.807, 2.05) is 36.4 Å². The lowest BCUT2D eigenvalue weighted by atomic mass is 9.71. The van der Waals surface area contributed by atoms with Crippen LogP contribution in [-0.4, -0.2) is 16.8 Å². The highest BCUT2D eigenvalue weighted by Crippen LogP contribution is 2.47. The van der Waals surface area contributed by atoms with Gasteiger partial charge in [0, 0.05) is 29.5 Å². The number of rotatable bonds is 2. The Morgan fingerprint density at radius 2 is 2.04 bits per heavy atom. The predicted molar refractivity (Wildman–Crippen MR) is 106 cm³/mol. The SMILES string of the molecule is CCC1CC(C(=O)N2Cc3cccnc3Nc3ccccc32)CC(C)C1(F)F. The lowest BCUT2D eigenvalue weighted by Crippen LogP contribution is -2.47. The van der Waals surface area contributed by atoms with E-state index in [4.69, 9.17) is 0 Å². The summed E-state index contributed by atoms with van der Waals surface area (Å²) >= 11 is 0. The van der Waals surface area contributed by atoms with Gasteiger partial charge in [-0.25, -0.2) is 13.8 Å². The lowest BCUT2D eigenvalue weighted by molar-refractivity contribution is -0.150. The van der Waals surface area contributed by atoms with Crippen molar-refractivity contribution >= 4 is 23.1 Å². The van der Waals surface area contributed by atoms with Crippen LogP contribution in [0, 0.1) is 17.8 Å². The van der Waals surface area contributed by atoms with Crippen molar-refractivity contribution in [1.29, 1.82) is 0 Å². The van der Waals surface area contributed by atoms with Crippen LogP contribution in [-0.2, 0) is 11.3 Å². The number of hydrogen-bond acceptors (Lipinski definition) is 3. The fraction of sp³-hybridized carbons (Fsp3) is 0.455. The average Bonchev–Trinajstić information content (AvgIpc) is 2.86. The molecule has 1 amide bonds. The third-order valence-electron chi connectivity index (χ3n) is 6.18. The van der Waals surface area contributed by atoms with E-state index in [-0.39, 0.29) is 18.7 Å². The van der Waals surface area contributed by atoms with E-state index in [1.165, 1.54) is 0 Å². The highest BCUT2D eigenvalue weighted by molar-refractivity contribution is 5.99. The highest BCUT2D eigenvalue weighted by atomic mass is 19.3. The van der Waals surface area contributed by atoms with E-state index < -0.39 is 23.7 Å². The lowest BCUT2D eigenvalue weighted by Gasteiger charge is -2.41. The van der Waals surface area contributed by atoms with Gasteiger partial charge in [-0.1, -0.05) is 32.0 Å². The Morgan fingerprint density at radius 3 is 2.82 bits per heavy atom. The average molecular weight is 385 g/mol. The molecule has 3 atom stereocenters. The van der Waals surface area contributed by atoms with E-state index in [1.54, 1.807) is 24.9 Å². The second-order valence-electron chi connectivity index (χ2n) is 7.93. The van der Waals surface area contributed by atoms with Crippen molar-refractivity contribution in [2.75, 3.05) is 10.2 Å². The number of nitrogens with zero attached hydrogens (tertiary/aromatic N) is 2. The summed E-state index contributed by atoms with van der Waals surface area (Å²) in [4.78, 5) is 19.7. The molecule has 2 heterocycles. The summed E-state index contributed by atoms with van der Waals surface area (Å²) < 4.78 is 29.0. The fourth-order valence-electron chi connectivity index (χ4n) is 4.52. The van der Waals surface area contributed by atoms with Crippen molar-refractivity contribution in [2.24, 2.45) is 17.8 Å². The Bertz CT molecular complexity index is 886. The van der Waals surface area contributed by atoms with Gasteiger partial charge in [-0.2, -0.15) is 0 Å². The number of hydrogen-bond donors (Lipinski definition) is 1. The molecule has 2 aromatic rings. The van der Waals surface area contributed by atoms with Crippen molar-refractivity contribution in [3.8, 4) is 0 Å². The van der Waals surface area contributed by atoms with Gasteiger partial charge in [0.2, 0.25) is 5.91 Å². The largest absolute Gasteiger partial charge is 0.338 e. The Kier molecular flexibility index (Phi) is 4.81. The van der Waals surface area contributed by atoms with E-state index >= 15 is 0 Å². The van der Waals surface area contributed by atoms with Gasteiger partial charge in [-0.15, -0.1) is 0 Å². The number of halogens is 2. The van der Waals surface area contributed by atoms with Gasteiger partial charge in [0.1, 0.15) is 5.82 Å². The van der Waals surface area contributed by atoms with Gasteiger partial charge in [0.05, 0.1) is 17.9 Å². The summed E-state index contributed by atoms with van der Waals surface area (Å²) in [6, 6.07) is 11.4. The minimum Gasteiger partial charge on any atom is -0.338 e. The maximum atomic E-state index is 14.5. The standard InChI is InChI=1S/C22H25F2N3O/c1-3-17-12-16(11-14(2)22(17,23)24)21(28)27-13-15-7-6-10-25-20(15)26-18-8-4-5-9-19(18)27/h4-10,14,16-17H,3,11-13H2,1-2H3,(H,25,26). The zero-order valence-electron chi connectivity index (χ0n) is 16.2. The zero-order chi connectivity index (χ0) is 19.9. The third-order valence-corrected chi connectivity index (χ3v) is 6.18. The number of para-hydroxylation sites is 2. The van der Waals surface area contributed by atoms with Gasteiger partial charge < -0.3 is 10.2 Å². The van der Waals surface area contributed by atoms with Crippen LogP contribution >= 0.6 is 0 Å². The molecule has 4 rings (SSSR count). The van der Waals surface area contributed by atoms with E-state index in [0.29, 0.717) is 13.0 Å². The number of anilines is 3. The number of carbonyl (C=O) groups excluding carboxylic acids is 1. The van der Waals surface area contributed by atoms with Gasteiger partial charge >= 0.3 is 0 Å². The Balaban J connectivity index is 1.69. The number of aromatic nitrogens is 1. The number of fused-ring (bicyclic) bond motifs is 2. The molecule has 1 aliphatic heterocycles. The first kappa shape index (κ1) is 18.8. The number of nitrogens with one attached hydrogen (secondary N) is 1. The Labute approximate surface area is 164 Å². The second-order valence-corrected chi connectivity index (χ2v) is 7.93. The van der Waals surface area contributed by atoms with Gasteiger partial charge in [-0.05, 0) is 37.5 Å². The second kappa shape index (κ2) is 7.15. The summed E-state index contributed by atoms with van der Waals surface area (Å²) in [5.41, 5.74) is 2.48.